The number of hydrogen-bond donors (Lipinski definition) is 1. The molecule has 1 rings (SSSR count). The first kappa shape index (κ1) is 16.0. The summed E-state index contributed by atoms with van der Waals surface area (Å²) in [6.07, 6.45) is 7.56. The van der Waals surface area contributed by atoms with Crippen molar-refractivity contribution in [3.8, 4) is 0 Å². The molecule has 0 atom stereocenters. The maximum atomic E-state index is 12.2. The summed E-state index contributed by atoms with van der Waals surface area (Å²) in [5.74, 6) is -0.592. The first-order valence-electron chi connectivity index (χ1n) is 7.12. The predicted molar refractivity (Wildman–Crippen MR) is 71.9 cm³/mol. The molecule has 0 aromatic heterocycles. The van der Waals surface area contributed by atoms with Gasteiger partial charge in [0.1, 0.15) is 6.54 Å². The van der Waals surface area contributed by atoms with Crippen LogP contribution < -0.4 is 0 Å². The SMILES string of the molecule is COCCN(CC(=O)O)C(=O)CC1CCCCCC1. The quantitative estimate of drug-likeness (QED) is 0.718. The molecule has 19 heavy (non-hydrogen) atoms. The molecule has 1 amide bonds. The monoisotopic (exact) mass is 271 g/mol. The number of rotatable bonds is 7. The van der Waals surface area contributed by atoms with Crippen molar-refractivity contribution in [2.75, 3.05) is 26.8 Å². The smallest absolute Gasteiger partial charge is 0.323 e. The minimum absolute atomic E-state index is 0.0497. The van der Waals surface area contributed by atoms with E-state index in [9.17, 15) is 9.59 Å². The number of carboxylic acids is 1. The molecule has 5 heteroatoms. The first-order valence-corrected chi connectivity index (χ1v) is 7.12. The second kappa shape index (κ2) is 8.91. The Kier molecular flexibility index (Phi) is 7.48. The molecular weight excluding hydrogens is 246 g/mol. The molecule has 0 spiro atoms. The number of nitrogens with zero attached hydrogens (tertiary/aromatic N) is 1. The van der Waals surface area contributed by atoms with Crippen molar-refractivity contribution in [2.24, 2.45) is 5.92 Å². The Morgan fingerprint density at radius 1 is 1.21 bits per heavy atom. The number of carboxylic acid groups (broad SMARTS) is 1. The summed E-state index contributed by atoms with van der Waals surface area (Å²) in [5.41, 5.74) is 0. The van der Waals surface area contributed by atoms with Crippen molar-refractivity contribution in [1.29, 1.82) is 0 Å². The van der Waals surface area contributed by atoms with E-state index in [1.807, 2.05) is 0 Å². The van der Waals surface area contributed by atoms with Gasteiger partial charge in [0.25, 0.3) is 0 Å². The molecule has 0 aromatic rings. The molecule has 0 unspecified atom stereocenters. The average molecular weight is 271 g/mol. The summed E-state index contributed by atoms with van der Waals surface area (Å²) < 4.78 is 4.93. The molecular formula is C14H25NO4. The van der Waals surface area contributed by atoms with E-state index in [-0.39, 0.29) is 12.5 Å². The minimum Gasteiger partial charge on any atom is -0.480 e. The molecule has 0 radical (unpaired) electrons. The molecule has 1 aliphatic rings. The Hall–Kier alpha value is -1.10. The zero-order valence-electron chi connectivity index (χ0n) is 11.8. The van der Waals surface area contributed by atoms with Gasteiger partial charge in [-0.1, -0.05) is 25.7 Å². The largest absolute Gasteiger partial charge is 0.480 e. The lowest BCUT2D eigenvalue weighted by atomic mass is 9.96. The normalized spacial score (nSPS) is 16.9. The predicted octanol–water partition coefficient (Wildman–Crippen LogP) is 1.91. The van der Waals surface area contributed by atoms with Crippen molar-refractivity contribution in [3.05, 3.63) is 0 Å². The molecule has 1 aliphatic carbocycles. The number of aliphatic carboxylic acids is 1. The summed E-state index contributed by atoms with van der Waals surface area (Å²) in [5, 5.41) is 8.85. The summed E-state index contributed by atoms with van der Waals surface area (Å²) >= 11 is 0. The molecule has 1 N–H and O–H groups in total. The number of methoxy groups -OCH3 is 1. The maximum Gasteiger partial charge on any atom is 0.323 e. The minimum atomic E-state index is -0.967. The Morgan fingerprint density at radius 2 is 1.84 bits per heavy atom. The van der Waals surface area contributed by atoms with Crippen LogP contribution in [0.2, 0.25) is 0 Å². The van der Waals surface area contributed by atoms with E-state index in [2.05, 4.69) is 0 Å². The maximum absolute atomic E-state index is 12.2. The topological polar surface area (TPSA) is 66.8 Å². The van der Waals surface area contributed by atoms with Crippen LogP contribution in [0.4, 0.5) is 0 Å². The van der Waals surface area contributed by atoms with Gasteiger partial charge in [0, 0.05) is 20.1 Å². The molecule has 1 fully saturated rings. The van der Waals surface area contributed by atoms with E-state index >= 15 is 0 Å². The number of ether oxygens (including phenoxy) is 1. The van der Waals surface area contributed by atoms with Gasteiger partial charge in [-0.15, -0.1) is 0 Å². The molecule has 0 aromatic carbocycles. The number of carbonyl (C=O) groups is 2. The van der Waals surface area contributed by atoms with Gasteiger partial charge in [0.2, 0.25) is 5.91 Å². The average Bonchev–Trinajstić information content (AvgIpc) is 2.62. The number of amides is 1. The summed E-state index contributed by atoms with van der Waals surface area (Å²) in [6.45, 7) is 0.507. The summed E-state index contributed by atoms with van der Waals surface area (Å²) in [4.78, 5) is 24.4. The lowest BCUT2D eigenvalue weighted by Crippen LogP contribution is -2.38. The highest BCUT2D eigenvalue weighted by atomic mass is 16.5. The highest BCUT2D eigenvalue weighted by Gasteiger charge is 2.21. The van der Waals surface area contributed by atoms with E-state index in [1.54, 1.807) is 7.11 Å². The van der Waals surface area contributed by atoms with E-state index < -0.39 is 5.97 Å². The highest BCUT2D eigenvalue weighted by Crippen LogP contribution is 2.25. The van der Waals surface area contributed by atoms with Gasteiger partial charge in [-0.25, -0.2) is 0 Å². The second-order valence-corrected chi connectivity index (χ2v) is 5.26. The number of hydrogen-bond acceptors (Lipinski definition) is 3. The molecule has 0 bridgehead atoms. The zero-order chi connectivity index (χ0) is 14.1. The van der Waals surface area contributed by atoms with Gasteiger partial charge < -0.3 is 14.7 Å². The van der Waals surface area contributed by atoms with Crippen molar-refractivity contribution >= 4 is 11.9 Å². The molecule has 1 saturated carbocycles. The molecule has 0 aliphatic heterocycles. The molecule has 0 heterocycles. The summed E-state index contributed by atoms with van der Waals surface area (Å²) in [6, 6.07) is 0. The number of carbonyl (C=O) groups excluding carboxylic acids is 1. The Balaban J connectivity index is 2.46. The zero-order valence-corrected chi connectivity index (χ0v) is 11.8. The van der Waals surface area contributed by atoms with E-state index in [4.69, 9.17) is 9.84 Å². The fourth-order valence-corrected chi connectivity index (χ4v) is 2.60. The fourth-order valence-electron chi connectivity index (χ4n) is 2.60. The van der Waals surface area contributed by atoms with E-state index in [0.29, 0.717) is 25.5 Å². The molecule has 0 saturated heterocycles. The van der Waals surface area contributed by atoms with Crippen LogP contribution in [-0.4, -0.2) is 48.7 Å². The molecule has 110 valence electrons. The Labute approximate surface area is 114 Å². The van der Waals surface area contributed by atoms with Gasteiger partial charge in [-0.2, -0.15) is 0 Å². The van der Waals surface area contributed by atoms with Crippen molar-refractivity contribution in [1.82, 2.24) is 4.90 Å². The van der Waals surface area contributed by atoms with Gasteiger partial charge in [0.05, 0.1) is 6.61 Å². The van der Waals surface area contributed by atoms with Crippen LogP contribution in [0.3, 0.4) is 0 Å². The van der Waals surface area contributed by atoms with E-state index in [0.717, 1.165) is 12.8 Å². The standard InChI is InChI=1S/C14H25NO4/c1-19-9-8-15(11-14(17)18)13(16)10-12-6-4-2-3-5-7-12/h12H,2-11H2,1H3,(H,17,18). The summed E-state index contributed by atoms with van der Waals surface area (Å²) in [7, 11) is 1.55. The van der Waals surface area contributed by atoms with Gasteiger partial charge in [0.15, 0.2) is 0 Å². The second-order valence-electron chi connectivity index (χ2n) is 5.26. The van der Waals surface area contributed by atoms with Crippen LogP contribution in [0.1, 0.15) is 44.9 Å². The van der Waals surface area contributed by atoms with Crippen LogP contribution >= 0.6 is 0 Å². The third-order valence-corrected chi connectivity index (χ3v) is 3.68. The van der Waals surface area contributed by atoms with Crippen LogP contribution in [0.5, 0.6) is 0 Å². The first-order chi connectivity index (χ1) is 9.13. The van der Waals surface area contributed by atoms with Gasteiger partial charge in [-0.3, -0.25) is 9.59 Å². The van der Waals surface area contributed by atoms with Crippen molar-refractivity contribution in [2.45, 2.75) is 44.9 Å². The van der Waals surface area contributed by atoms with Crippen LogP contribution in [0, 0.1) is 5.92 Å². The van der Waals surface area contributed by atoms with Gasteiger partial charge in [-0.05, 0) is 18.8 Å². The Bertz CT molecular complexity index is 285. The lowest BCUT2D eigenvalue weighted by molar-refractivity contribution is -0.145. The van der Waals surface area contributed by atoms with Crippen LogP contribution in [0.15, 0.2) is 0 Å². The fraction of sp³-hybridized carbons (Fsp3) is 0.857. The van der Waals surface area contributed by atoms with Crippen LogP contribution in [-0.2, 0) is 14.3 Å². The van der Waals surface area contributed by atoms with Crippen molar-refractivity contribution in [3.63, 3.8) is 0 Å². The van der Waals surface area contributed by atoms with Crippen LogP contribution in [0.25, 0.3) is 0 Å². The lowest BCUT2D eigenvalue weighted by Gasteiger charge is -2.23. The van der Waals surface area contributed by atoms with Crippen molar-refractivity contribution < 1.29 is 19.4 Å². The Morgan fingerprint density at radius 3 is 2.37 bits per heavy atom. The highest BCUT2D eigenvalue weighted by molar-refractivity contribution is 5.81. The third-order valence-electron chi connectivity index (χ3n) is 3.68. The van der Waals surface area contributed by atoms with Gasteiger partial charge >= 0.3 is 5.97 Å². The molecule has 5 nitrogen and oxygen atoms in total. The third kappa shape index (κ3) is 6.57. The van der Waals surface area contributed by atoms with E-state index in [1.165, 1.54) is 30.6 Å².